The highest BCUT2D eigenvalue weighted by atomic mass is 16.7. The van der Waals surface area contributed by atoms with E-state index in [9.17, 15) is 19.8 Å². The summed E-state index contributed by atoms with van der Waals surface area (Å²) in [5.74, 6) is -1.89. The number of allylic oxidation sites excluding steroid dienone is 10. The van der Waals surface area contributed by atoms with E-state index in [1.165, 1.54) is 19.3 Å². The first kappa shape index (κ1) is 41.5. The number of carbonyl (C=O) groups excluding carboxylic acids is 2. The predicted molar refractivity (Wildman–Crippen MR) is 177 cm³/mol. The maximum absolute atomic E-state index is 11.9. The van der Waals surface area contributed by atoms with Crippen LogP contribution in [0.25, 0.3) is 0 Å². The van der Waals surface area contributed by atoms with Gasteiger partial charge in [0.1, 0.15) is 19.3 Å². The monoisotopic (exact) mass is 619 g/mol. The second-order valence-corrected chi connectivity index (χ2v) is 11.9. The topological polar surface area (TPSA) is 105 Å². The molecule has 0 amide bonds. The van der Waals surface area contributed by atoms with Crippen molar-refractivity contribution in [3.63, 3.8) is 0 Å². The van der Waals surface area contributed by atoms with Gasteiger partial charge >= 0.3 is 5.97 Å². The van der Waals surface area contributed by atoms with E-state index in [-0.39, 0.29) is 25.8 Å². The molecule has 0 rings (SSSR count). The van der Waals surface area contributed by atoms with Crippen LogP contribution >= 0.6 is 0 Å². The number of unbranched alkanes of at least 4 members (excludes halogenated alkanes) is 7. The molecule has 0 aromatic carbocycles. The van der Waals surface area contributed by atoms with Gasteiger partial charge in [0.05, 0.1) is 40.3 Å². The molecule has 0 heterocycles. The Balaban J connectivity index is 3.64. The fourth-order valence-electron chi connectivity index (χ4n) is 3.91. The Morgan fingerprint density at radius 3 is 1.73 bits per heavy atom. The number of quaternary nitrogens is 1. The minimum absolute atomic E-state index is 0.165. The Bertz CT molecular complexity index is 855. The molecule has 252 valence electrons. The predicted octanol–water partition coefficient (Wildman–Crippen LogP) is 5.97. The second kappa shape index (κ2) is 29.2. The van der Waals surface area contributed by atoms with Gasteiger partial charge in [-0.05, 0) is 51.4 Å². The van der Waals surface area contributed by atoms with Crippen molar-refractivity contribution in [3.05, 3.63) is 60.8 Å². The van der Waals surface area contributed by atoms with Crippen molar-refractivity contribution in [2.75, 3.05) is 47.5 Å². The lowest BCUT2D eigenvalue weighted by Gasteiger charge is -2.26. The molecule has 0 aromatic heterocycles. The third kappa shape index (κ3) is 30.9. The molecule has 0 fully saturated rings. The number of esters is 1. The number of carboxylic acids is 1. The highest BCUT2D eigenvalue weighted by Gasteiger charge is 2.17. The van der Waals surface area contributed by atoms with E-state index in [0.29, 0.717) is 17.4 Å². The standard InChI is InChI=1S/C36H61NO7/c1-5-6-7-8-9-10-11-12-13-14-15-16-17-18-19-20-21-22-23-24-25-26-27-28-34(39)43-31-33(38)32-44-36(35(40)41)42-30-29-37(2,3)4/h6-7,9-10,12-13,15-16,18-19,33,36,38H,5,8,11,14,17,20-32H2,1-4H3/b7-6-,10-9-,13-12-,16-15-,19-18-. The van der Waals surface area contributed by atoms with E-state index in [1.807, 2.05) is 21.1 Å². The quantitative estimate of drug-likeness (QED) is 0.0362. The lowest BCUT2D eigenvalue weighted by Crippen LogP contribution is -2.44. The second-order valence-electron chi connectivity index (χ2n) is 11.9. The lowest BCUT2D eigenvalue weighted by molar-refractivity contribution is -0.870. The van der Waals surface area contributed by atoms with Crippen molar-refractivity contribution in [2.24, 2.45) is 0 Å². The largest absolute Gasteiger partial charge is 0.545 e. The fourth-order valence-corrected chi connectivity index (χ4v) is 3.91. The Hall–Kier alpha value is -2.52. The zero-order valence-corrected chi connectivity index (χ0v) is 28.0. The van der Waals surface area contributed by atoms with Crippen LogP contribution in [0.15, 0.2) is 60.8 Å². The average Bonchev–Trinajstić information content (AvgIpc) is 2.97. The highest BCUT2D eigenvalue weighted by Crippen LogP contribution is 2.11. The van der Waals surface area contributed by atoms with E-state index in [1.54, 1.807) is 0 Å². The molecule has 0 spiro atoms. The van der Waals surface area contributed by atoms with Crippen molar-refractivity contribution in [3.8, 4) is 0 Å². The molecule has 8 nitrogen and oxygen atoms in total. The number of aliphatic hydroxyl groups excluding tert-OH is 1. The van der Waals surface area contributed by atoms with E-state index in [4.69, 9.17) is 14.2 Å². The summed E-state index contributed by atoms with van der Waals surface area (Å²) in [5, 5.41) is 21.1. The molecule has 0 aliphatic rings. The van der Waals surface area contributed by atoms with E-state index in [0.717, 1.165) is 64.2 Å². The van der Waals surface area contributed by atoms with Gasteiger partial charge < -0.3 is 33.7 Å². The van der Waals surface area contributed by atoms with Gasteiger partial charge in [0.2, 0.25) is 0 Å². The maximum atomic E-state index is 11.9. The van der Waals surface area contributed by atoms with E-state index < -0.39 is 18.4 Å². The molecule has 0 aliphatic heterocycles. The Labute approximate surface area is 267 Å². The summed E-state index contributed by atoms with van der Waals surface area (Å²) in [6, 6.07) is 0. The fraction of sp³-hybridized carbons (Fsp3) is 0.667. The van der Waals surface area contributed by atoms with Gasteiger partial charge in [-0.1, -0.05) is 99.8 Å². The third-order valence-electron chi connectivity index (χ3n) is 6.51. The van der Waals surface area contributed by atoms with Gasteiger partial charge in [-0.2, -0.15) is 0 Å². The number of aliphatic carboxylic acids is 1. The Morgan fingerprint density at radius 1 is 0.705 bits per heavy atom. The molecule has 2 atom stereocenters. The van der Waals surface area contributed by atoms with E-state index >= 15 is 0 Å². The summed E-state index contributed by atoms with van der Waals surface area (Å²) >= 11 is 0. The van der Waals surface area contributed by atoms with Gasteiger partial charge in [-0.3, -0.25) is 4.79 Å². The number of hydrogen-bond acceptors (Lipinski definition) is 7. The van der Waals surface area contributed by atoms with Crippen LogP contribution < -0.4 is 5.11 Å². The Morgan fingerprint density at radius 2 is 1.20 bits per heavy atom. The first-order chi connectivity index (χ1) is 21.2. The number of rotatable bonds is 29. The normalized spacial score (nSPS) is 14.1. The van der Waals surface area contributed by atoms with Crippen molar-refractivity contribution in [2.45, 2.75) is 109 Å². The number of likely N-dealkylation sites (N-methyl/N-ethyl adjacent to an activating group) is 1. The minimum Gasteiger partial charge on any atom is -0.545 e. The van der Waals surface area contributed by atoms with Gasteiger partial charge in [0.15, 0.2) is 6.29 Å². The summed E-state index contributed by atoms with van der Waals surface area (Å²) in [6.45, 7) is 2.31. The van der Waals surface area contributed by atoms with Crippen LogP contribution in [0.2, 0.25) is 0 Å². The molecule has 0 aromatic rings. The Kier molecular flexibility index (Phi) is 27.5. The average molecular weight is 620 g/mol. The van der Waals surface area contributed by atoms with Crippen molar-refractivity contribution in [1.82, 2.24) is 0 Å². The van der Waals surface area contributed by atoms with Crippen molar-refractivity contribution >= 4 is 11.9 Å². The summed E-state index contributed by atoms with van der Waals surface area (Å²) in [4.78, 5) is 23.1. The SMILES string of the molecule is CC/C=C\C/C=C\C/C=C\C/C=C\C/C=C\CCCCCCCCCC(=O)OCC(O)COC(OCC[N+](C)(C)C)C(=O)[O-]. The number of nitrogens with zero attached hydrogens (tertiary/aromatic N) is 1. The molecule has 0 saturated carbocycles. The van der Waals surface area contributed by atoms with Crippen LogP contribution in [-0.4, -0.2) is 81.4 Å². The number of aliphatic hydroxyl groups is 1. The smallest absolute Gasteiger partial charge is 0.305 e. The lowest BCUT2D eigenvalue weighted by atomic mass is 10.1. The van der Waals surface area contributed by atoms with Gasteiger partial charge in [-0.15, -0.1) is 0 Å². The van der Waals surface area contributed by atoms with Crippen LogP contribution in [0.4, 0.5) is 0 Å². The molecule has 44 heavy (non-hydrogen) atoms. The van der Waals surface area contributed by atoms with Gasteiger partial charge in [-0.25, -0.2) is 0 Å². The van der Waals surface area contributed by atoms with Gasteiger partial charge in [0, 0.05) is 6.42 Å². The minimum atomic E-state index is -1.58. The zero-order valence-electron chi connectivity index (χ0n) is 28.0. The first-order valence-corrected chi connectivity index (χ1v) is 16.5. The van der Waals surface area contributed by atoms with Crippen LogP contribution in [-0.2, 0) is 23.8 Å². The zero-order chi connectivity index (χ0) is 32.7. The molecule has 0 bridgehead atoms. The molecule has 0 aliphatic carbocycles. The molecule has 2 unspecified atom stereocenters. The van der Waals surface area contributed by atoms with Gasteiger partial charge in [0.25, 0.3) is 0 Å². The molecular formula is C36H61NO7. The number of carbonyl (C=O) groups is 2. The van der Waals surface area contributed by atoms with Crippen LogP contribution in [0.5, 0.6) is 0 Å². The van der Waals surface area contributed by atoms with Crippen LogP contribution in [0.1, 0.15) is 96.8 Å². The molecule has 8 heteroatoms. The van der Waals surface area contributed by atoms with Crippen molar-refractivity contribution in [1.29, 1.82) is 0 Å². The maximum Gasteiger partial charge on any atom is 0.305 e. The summed E-state index contributed by atoms with van der Waals surface area (Å²) in [6.07, 6.45) is 33.6. The van der Waals surface area contributed by atoms with Crippen LogP contribution in [0.3, 0.4) is 0 Å². The molecule has 0 saturated heterocycles. The van der Waals surface area contributed by atoms with E-state index in [2.05, 4.69) is 67.7 Å². The number of ether oxygens (including phenoxy) is 3. The molecular weight excluding hydrogens is 558 g/mol. The summed E-state index contributed by atoms with van der Waals surface area (Å²) < 4.78 is 15.9. The third-order valence-corrected chi connectivity index (χ3v) is 6.51. The van der Waals surface area contributed by atoms with Crippen molar-refractivity contribution < 1.29 is 38.5 Å². The summed E-state index contributed by atoms with van der Waals surface area (Å²) in [7, 11) is 5.85. The molecule has 0 radical (unpaired) electrons. The number of hydrogen-bond donors (Lipinski definition) is 1. The summed E-state index contributed by atoms with van der Waals surface area (Å²) in [5.41, 5.74) is 0. The first-order valence-electron chi connectivity index (χ1n) is 16.5. The molecule has 1 N–H and O–H groups in total. The highest BCUT2D eigenvalue weighted by molar-refractivity contribution is 5.69. The number of carboxylic acid groups (broad SMARTS) is 1. The van der Waals surface area contributed by atoms with Crippen LogP contribution in [0, 0.1) is 0 Å².